The first kappa shape index (κ1) is 37.1. The Hall–Kier alpha value is -2.79. The van der Waals surface area contributed by atoms with E-state index in [4.69, 9.17) is 8.61 Å². The lowest BCUT2D eigenvalue weighted by molar-refractivity contribution is -0.200. The number of rotatable bonds is 7. The molecule has 4 aliphatic carbocycles. The van der Waals surface area contributed by atoms with E-state index < -0.39 is 29.5 Å². The van der Waals surface area contributed by atoms with Crippen molar-refractivity contribution in [1.82, 2.24) is 9.36 Å². The largest absolute Gasteiger partial charge is 0.414 e. The van der Waals surface area contributed by atoms with E-state index in [0.717, 1.165) is 44.1 Å². The molecule has 3 heterocycles. The first-order chi connectivity index (χ1) is 24.7. The minimum Gasteiger partial charge on any atom is -0.414 e. The Morgan fingerprint density at radius 1 is 0.868 bits per heavy atom. The molecule has 0 radical (unpaired) electrons. The molecule has 2 bridgehead atoms. The molecule has 3 fully saturated rings. The summed E-state index contributed by atoms with van der Waals surface area (Å²) >= 11 is 0. The number of benzene rings is 2. The van der Waals surface area contributed by atoms with Crippen LogP contribution >= 0.6 is 0 Å². The summed E-state index contributed by atoms with van der Waals surface area (Å²) in [5, 5.41) is 1.02. The van der Waals surface area contributed by atoms with Gasteiger partial charge in [0.1, 0.15) is 0 Å². The maximum Gasteiger partial charge on any atom is 0.296 e. The highest BCUT2D eigenvalue weighted by Gasteiger charge is 2.74. The minimum absolute atomic E-state index is 0.0112. The number of allylic oxidation sites excluding steroid dienone is 2. The summed E-state index contributed by atoms with van der Waals surface area (Å²) in [5.41, 5.74) is -1.01. The summed E-state index contributed by atoms with van der Waals surface area (Å²) in [7, 11) is -6.02. The molecule has 0 N–H and O–H groups in total. The molecule has 53 heavy (non-hydrogen) atoms. The molecule has 286 valence electrons. The number of hydrogen-bond donors (Lipinski definition) is 0. The third kappa shape index (κ3) is 4.99. The molecule has 3 aromatic rings. The van der Waals surface area contributed by atoms with E-state index in [9.17, 15) is 8.42 Å². The van der Waals surface area contributed by atoms with Gasteiger partial charge in [-0.25, -0.2) is 9.36 Å². The van der Waals surface area contributed by atoms with E-state index in [0.29, 0.717) is 17.2 Å². The normalized spacial score (nSPS) is 35.4. The second-order valence-electron chi connectivity index (χ2n) is 19.4. The van der Waals surface area contributed by atoms with Gasteiger partial charge in [-0.1, -0.05) is 83.5 Å². The van der Waals surface area contributed by atoms with Crippen molar-refractivity contribution in [3.05, 3.63) is 87.0 Å². The molecule has 0 saturated heterocycles. The van der Waals surface area contributed by atoms with Crippen LogP contribution < -0.4 is 11.1 Å². The lowest BCUT2D eigenvalue weighted by Crippen LogP contribution is -2.78. The summed E-state index contributed by atoms with van der Waals surface area (Å²) in [6.45, 7) is 20.4. The number of fused-ring (bicyclic) bond motifs is 2. The molecule has 9 rings (SSSR count). The average Bonchev–Trinajstić information content (AvgIpc) is 3.46. The zero-order valence-corrected chi connectivity index (χ0v) is 34.9. The molecular formula is C43H58N2O6SSi. The Labute approximate surface area is 316 Å². The molecule has 1 aromatic heterocycles. The molecule has 2 spiro atoms. The molecule has 0 amide bonds. The van der Waals surface area contributed by atoms with Gasteiger partial charge in [-0.3, -0.25) is 13.8 Å². The van der Waals surface area contributed by atoms with Gasteiger partial charge >= 0.3 is 0 Å². The predicted molar refractivity (Wildman–Crippen MR) is 212 cm³/mol. The van der Waals surface area contributed by atoms with Crippen LogP contribution in [0, 0.1) is 41.4 Å². The van der Waals surface area contributed by atoms with Crippen molar-refractivity contribution in [1.29, 1.82) is 0 Å². The van der Waals surface area contributed by atoms with E-state index in [1.807, 2.05) is 40.6 Å². The van der Waals surface area contributed by atoms with Gasteiger partial charge in [-0.05, 0) is 117 Å². The molecule has 2 aliphatic heterocycles. The summed E-state index contributed by atoms with van der Waals surface area (Å²) in [5.74, 6) is 0.419. The van der Waals surface area contributed by atoms with E-state index >= 15 is 9.59 Å². The van der Waals surface area contributed by atoms with Crippen LogP contribution in [0.1, 0.15) is 92.1 Å². The summed E-state index contributed by atoms with van der Waals surface area (Å²) < 4.78 is 43.3. The van der Waals surface area contributed by atoms with E-state index in [2.05, 4.69) is 66.8 Å². The Kier molecular flexibility index (Phi) is 8.31. The highest BCUT2D eigenvalue weighted by molar-refractivity contribution is 7.86. The van der Waals surface area contributed by atoms with Crippen molar-refractivity contribution in [2.45, 2.75) is 134 Å². The topological polar surface area (TPSA) is 96.6 Å². The molecule has 6 aliphatic rings. The zero-order valence-electron chi connectivity index (χ0n) is 33.1. The maximum atomic E-state index is 15.1. The minimum atomic E-state index is -3.90. The molecule has 8 nitrogen and oxygen atoms in total. The standard InChI is InChI=1S/C43H58N2O6SSi/c1-28-14-16-31(17-15-28)52(48,49)50-27-29(2)34-18-19-35-40(34,6)22-21-36-41(7)23-20-30(51-53(8,9)39(3,4)5)26-42(41)24-25-43(35,36)45-38(47)33-13-11-10-12-32(33)37(46)44(42)45/h10-17,24-25,29-30,34-36H,18-23,26-27H2,1-9H3/t29-,30+,34-,35-,36-,40-,41-,42-,43+/m1/s1. The van der Waals surface area contributed by atoms with Crippen molar-refractivity contribution in [2.24, 2.45) is 34.5 Å². The molecular weight excluding hydrogens is 701 g/mol. The SMILES string of the molecule is Cc1ccc(S(=O)(=O)OC[C@@H](C)[C@H]2CC[C@@H]3[C@]2(C)CC[C@H]2[C@]34C=C[C@]3(C[C@@H](O[Si](C)(C)C(C)(C)C)CC[C@]23C)n2c(=O)c3ccccc3c(=O)n24)cc1. The van der Waals surface area contributed by atoms with Crippen LogP contribution in [-0.4, -0.2) is 38.8 Å². The van der Waals surface area contributed by atoms with Crippen LogP contribution in [0.15, 0.2) is 75.2 Å². The Bertz CT molecular complexity index is 2240. The Morgan fingerprint density at radius 3 is 2.15 bits per heavy atom. The molecule has 10 heteroatoms. The van der Waals surface area contributed by atoms with Crippen molar-refractivity contribution in [3.63, 3.8) is 0 Å². The number of hydrogen-bond acceptors (Lipinski definition) is 6. The third-order valence-electron chi connectivity index (χ3n) is 15.9. The van der Waals surface area contributed by atoms with E-state index in [-0.39, 0.29) is 68.3 Å². The van der Waals surface area contributed by atoms with Gasteiger partial charge < -0.3 is 4.43 Å². The molecule has 0 unspecified atom stereocenters. The van der Waals surface area contributed by atoms with Crippen LogP contribution in [0.3, 0.4) is 0 Å². The fourth-order valence-electron chi connectivity index (χ4n) is 12.2. The van der Waals surface area contributed by atoms with Crippen molar-refractivity contribution in [3.8, 4) is 0 Å². The van der Waals surface area contributed by atoms with Crippen LogP contribution in [-0.2, 0) is 29.8 Å². The van der Waals surface area contributed by atoms with Gasteiger partial charge in [0.2, 0.25) is 0 Å². The summed E-state index contributed by atoms with van der Waals surface area (Å²) in [6, 6.07) is 14.2. The average molecular weight is 759 g/mol. The van der Waals surface area contributed by atoms with Crippen molar-refractivity contribution >= 4 is 29.2 Å². The van der Waals surface area contributed by atoms with Gasteiger partial charge in [0.15, 0.2) is 8.32 Å². The predicted octanol–water partition coefficient (Wildman–Crippen LogP) is 8.51. The second-order valence-corrected chi connectivity index (χ2v) is 25.8. The van der Waals surface area contributed by atoms with Gasteiger partial charge in [0.25, 0.3) is 21.2 Å². The first-order valence-corrected chi connectivity index (χ1v) is 24.2. The number of nitrogens with zero attached hydrogens (tertiary/aromatic N) is 2. The Balaban J connectivity index is 1.23. The highest BCUT2D eigenvalue weighted by atomic mass is 32.2. The molecule has 2 aromatic carbocycles. The maximum absolute atomic E-state index is 15.1. The zero-order chi connectivity index (χ0) is 38.1. The summed E-state index contributed by atoms with van der Waals surface area (Å²) in [6.07, 6.45) is 11.0. The lowest BCUT2D eigenvalue weighted by atomic mass is 9.40. The van der Waals surface area contributed by atoms with Crippen LogP contribution in [0.5, 0.6) is 0 Å². The van der Waals surface area contributed by atoms with E-state index in [1.54, 1.807) is 24.3 Å². The fraction of sp³-hybridized carbons (Fsp3) is 0.628. The first-order valence-electron chi connectivity index (χ1n) is 19.9. The second kappa shape index (κ2) is 11.9. The number of aryl methyl sites for hydroxylation is 1. The molecule has 9 atom stereocenters. The molecule has 3 saturated carbocycles. The van der Waals surface area contributed by atoms with Crippen LogP contribution in [0.2, 0.25) is 18.1 Å². The van der Waals surface area contributed by atoms with Crippen LogP contribution in [0.25, 0.3) is 10.8 Å². The fourth-order valence-corrected chi connectivity index (χ4v) is 14.6. The quantitative estimate of drug-likeness (QED) is 0.136. The van der Waals surface area contributed by atoms with Gasteiger partial charge in [-0.15, -0.1) is 0 Å². The van der Waals surface area contributed by atoms with Crippen molar-refractivity contribution in [2.75, 3.05) is 6.61 Å². The van der Waals surface area contributed by atoms with Gasteiger partial charge in [-0.2, -0.15) is 8.42 Å². The monoisotopic (exact) mass is 758 g/mol. The smallest absolute Gasteiger partial charge is 0.296 e. The third-order valence-corrected chi connectivity index (χ3v) is 21.7. The highest BCUT2D eigenvalue weighted by Crippen LogP contribution is 2.74. The van der Waals surface area contributed by atoms with Gasteiger partial charge in [0, 0.05) is 17.9 Å². The number of aromatic nitrogens is 2. The van der Waals surface area contributed by atoms with Crippen LogP contribution in [0.4, 0.5) is 0 Å². The van der Waals surface area contributed by atoms with Crippen molar-refractivity contribution < 1.29 is 17.0 Å². The van der Waals surface area contributed by atoms with Gasteiger partial charge in [0.05, 0.1) is 33.4 Å². The Morgan fingerprint density at radius 2 is 1.51 bits per heavy atom. The summed E-state index contributed by atoms with van der Waals surface area (Å²) in [4.78, 5) is 30.3. The lowest BCUT2D eigenvalue weighted by Gasteiger charge is -2.72. The van der Waals surface area contributed by atoms with E-state index in [1.165, 1.54) is 0 Å².